The summed E-state index contributed by atoms with van der Waals surface area (Å²) in [6, 6.07) is 6.60. The molecule has 2 aliphatic rings. The van der Waals surface area contributed by atoms with E-state index in [9.17, 15) is 24.3 Å². The van der Waals surface area contributed by atoms with Crippen LogP contribution in [0.1, 0.15) is 52.8 Å². The van der Waals surface area contributed by atoms with Gasteiger partial charge in [-0.3, -0.25) is 24.1 Å². The highest BCUT2D eigenvalue weighted by Crippen LogP contribution is 2.29. The third kappa shape index (κ3) is 3.61. The van der Waals surface area contributed by atoms with Gasteiger partial charge in [-0.15, -0.1) is 0 Å². The lowest BCUT2D eigenvalue weighted by molar-refractivity contribution is -0.145. The third-order valence-corrected chi connectivity index (χ3v) is 5.23. The number of aliphatic carboxylic acids is 1. The summed E-state index contributed by atoms with van der Waals surface area (Å²) in [5.41, 5.74) is 0.730. The fourth-order valence-corrected chi connectivity index (χ4v) is 3.77. The fraction of sp³-hybridized carbons (Fsp3) is 0.474. The van der Waals surface area contributed by atoms with Crippen LogP contribution in [-0.4, -0.2) is 46.8 Å². The van der Waals surface area contributed by atoms with Crippen LogP contribution in [0.3, 0.4) is 0 Å². The number of hydrogen-bond acceptors (Lipinski definition) is 4. The molecule has 1 saturated carbocycles. The average Bonchev–Trinajstić information content (AvgIpc) is 2.89. The van der Waals surface area contributed by atoms with E-state index in [-0.39, 0.29) is 36.6 Å². The molecular formula is C19H22N2O5. The van der Waals surface area contributed by atoms with Gasteiger partial charge in [-0.05, 0) is 30.9 Å². The Hall–Kier alpha value is -2.70. The summed E-state index contributed by atoms with van der Waals surface area (Å²) < 4.78 is 0. The molecule has 0 aromatic heterocycles. The standard InChI is InChI=1S/C19H22N2O5/c22-16(20-11-12-5-1-2-6-13(12)19(25)26)9-10-21-17(23)14-7-3-4-8-15(14)18(21)24/h3-4,7-8,12-13H,1-2,5-6,9-11H2,(H,20,22)(H,25,26)/t12-,13-/m0/s1. The number of carboxylic acids is 1. The molecule has 1 aromatic rings. The minimum absolute atomic E-state index is 0.00985. The summed E-state index contributed by atoms with van der Waals surface area (Å²) >= 11 is 0. The zero-order valence-electron chi connectivity index (χ0n) is 14.4. The van der Waals surface area contributed by atoms with Gasteiger partial charge < -0.3 is 10.4 Å². The van der Waals surface area contributed by atoms with Gasteiger partial charge in [-0.1, -0.05) is 25.0 Å². The lowest BCUT2D eigenvalue weighted by Crippen LogP contribution is -2.39. The maximum absolute atomic E-state index is 12.3. The second-order valence-electron chi connectivity index (χ2n) is 6.85. The van der Waals surface area contributed by atoms with E-state index in [4.69, 9.17) is 0 Å². The van der Waals surface area contributed by atoms with Crippen molar-refractivity contribution in [1.82, 2.24) is 10.2 Å². The number of nitrogens with zero attached hydrogens (tertiary/aromatic N) is 1. The number of rotatable bonds is 6. The van der Waals surface area contributed by atoms with Gasteiger partial charge in [0.05, 0.1) is 17.0 Å². The minimum atomic E-state index is -0.810. The van der Waals surface area contributed by atoms with Crippen molar-refractivity contribution >= 4 is 23.7 Å². The number of carbonyl (C=O) groups excluding carboxylic acids is 3. The predicted molar refractivity (Wildman–Crippen MR) is 92.5 cm³/mol. The first kappa shape index (κ1) is 18.1. The number of carbonyl (C=O) groups is 4. The maximum atomic E-state index is 12.3. The van der Waals surface area contributed by atoms with Gasteiger partial charge in [0.25, 0.3) is 11.8 Å². The Labute approximate surface area is 151 Å². The second kappa shape index (κ2) is 7.68. The number of carboxylic acid groups (broad SMARTS) is 1. The summed E-state index contributed by atoms with van der Waals surface area (Å²) in [5, 5.41) is 12.0. The number of amides is 3. The van der Waals surface area contributed by atoms with E-state index >= 15 is 0 Å². The Morgan fingerprint density at radius 3 is 2.31 bits per heavy atom. The van der Waals surface area contributed by atoms with E-state index in [0.29, 0.717) is 24.1 Å². The van der Waals surface area contributed by atoms with E-state index in [2.05, 4.69) is 5.32 Å². The van der Waals surface area contributed by atoms with E-state index < -0.39 is 11.9 Å². The second-order valence-corrected chi connectivity index (χ2v) is 6.85. The fourth-order valence-electron chi connectivity index (χ4n) is 3.77. The molecule has 7 nitrogen and oxygen atoms in total. The van der Waals surface area contributed by atoms with Crippen LogP contribution >= 0.6 is 0 Å². The normalized spacial score (nSPS) is 22.2. The molecule has 1 aliphatic heterocycles. The van der Waals surface area contributed by atoms with E-state index in [1.807, 2.05) is 0 Å². The summed E-state index contributed by atoms with van der Waals surface area (Å²) in [5.74, 6) is -2.33. The number of benzene rings is 1. The highest BCUT2D eigenvalue weighted by Gasteiger charge is 2.35. The first-order chi connectivity index (χ1) is 12.5. The van der Waals surface area contributed by atoms with Crippen molar-refractivity contribution in [2.24, 2.45) is 11.8 Å². The van der Waals surface area contributed by atoms with Crippen molar-refractivity contribution in [3.8, 4) is 0 Å². The molecule has 1 fully saturated rings. The molecule has 0 radical (unpaired) electrons. The highest BCUT2D eigenvalue weighted by atomic mass is 16.4. The molecule has 0 saturated heterocycles. The van der Waals surface area contributed by atoms with Gasteiger partial charge in [0.1, 0.15) is 0 Å². The summed E-state index contributed by atoms with van der Waals surface area (Å²) in [4.78, 5) is 49.0. The Bertz CT molecular complexity index is 710. The Kier molecular flexibility index (Phi) is 5.35. The van der Waals surface area contributed by atoms with Crippen LogP contribution in [0.4, 0.5) is 0 Å². The van der Waals surface area contributed by atoms with Gasteiger partial charge in [-0.25, -0.2) is 0 Å². The van der Waals surface area contributed by atoms with Crippen LogP contribution < -0.4 is 5.32 Å². The highest BCUT2D eigenvalue weighted by molar-refractivity contribution is 6.21. The van der Waals surface area contributed by atoms with Crippen molar-refractivity contribution in [2.75, 3.05) is 13.1 Å². The number of nitrogens with one attached hydrogen (secondary N) is 1. The molecular weight excluding hydrogens is 336 g/mol. The quantitative estimate of drug-likeness (QED) is 0.753. The van der Waals surface area contributed by atoms with Crippen molar-refractivity contribution in [3.63, 3.8) is 0 Å². The lowest BCUT2D eigenvalue weighted by Gasteiger charge is -2.28. The molecule has 3 amide bonds. The largest absolute Gasteiger partial charge is 0.481 e. The van der Waals surface area contributed by atoms with Crippen LogP contribution in [0.25, 0.3) is 0 Å². The van der Waals surface area contributed by atoms with Crippen LogP contribution in [0.15, 0.2) is 24.3 Å². The molecule has 2 atom stereocenters. The van der Waals surface area contributed by atoms with Gasteiger partial charge in [0.15, 0.2) is 0 Å². The van der Waals surface area contributed by atoms with Crippen molar-refractivity contribution in [3.05, 3.63) is 35.4 Å². The molecule has 1 heterocycles. The summed E-state index contributed by atoms with van der Waals surface area (Å²) in [7, 11) is 0. The summed E-state index contributed by atoms with van der Waals surface area (Å²) in [6.45, 7) is 0.336. The van der Waals surface area contributed by atoms with E-state index in [0.717, 1.165) is 24.2 Å². The molecule has 0 bridgehead atoms. The van der Waals surface area contributed by atoms with Crippen molar-refractivity contribution < 1.29 is 24.3 Å². The SMILES string of the molecule is O=C(CCN1C(=O)c2ccccc2C1=O)NC[C@@H]1CCCC[C@@H]1C(=O)O. The van der Waals surface area contributed by atoms with Crippen LogP contribution in [0, 0.1) is 11.8 Å². The topological polar surface area (TPSA) is 104 Å². The van der Waals surface area contributed by atoms with E-state index in [1.165, 1.54) is 0 Å². The van der Waals surface area contributed by atoms with Gasteiger partial charge in [-0.2, -0.15) is 0 Å². The Morgan fingerprint density at radius 2 is 1.69 bits per heavy atom. The van der Waals surface area contributed by atoms with Crippen molar-refractivity contribution in [2.45, 2.75) is 32.1 Å². The third-order valence-electron chi connectivity index (χ3n) is 5.23. The van der Waals surface area contributed by atoms with E-state index in [1.54, 1.807) is 24.3 Å². The number of hydrogen-bond donors (Lipinski definition) is 2. The van der Waals surface area contributed by atoms with Crippen LogP contribution in [-0.2, 0) is 9.59 Å². The maximum Gasteiger partial charge on any atom is 0.306 e. The lowest BCUT2D eigenvalue weighted by atomic mass is 9.79. The van der Waals surface area contributed by atoms with Crippen LogP contribution in [0.2, 0.25) is 0 Å². The molecule has 2 N–H and O–H groups in total. The number of imide groups is 1. The predicted octanol–water partition coefficient (Wildman–Crippen LogP) is 1.68. The van der Waals surface area contributed by atoms with Gasteiger partial charge >= 0.3 is 5.97 Å². The first-order valence-corrected chi connectivity index (χ1v) is 8.93. The zero-order chi connectivity index (χ0) is 18.7. The molecule has 7 heteroatoms. The molecule has 138 valence electrons. The molecule has 0 unspecified atom stereocenters. The molecule has 1 aliphatic carbocycles. The molecule has 26 heavy (non-hydrogen) atoms. The smallest absolute Gasteiger partial charge is 0.306 e. The Morgan fingerprint density at radius 1 is 1.08 bits per heavy atom. The van der Waals surface area contributed by atoms with Crippen LogP contribution in [0.5, 0.6) is 0 Å². The molecule has 1 aromatic carbocycles. The zero-order valence-corrected chi connectivity index (χ0v) is 14.4. The van der Waals surface area contributed by atoms with Gasteiger partial charge in [0.2, 0.25) is 5.91 Å². The molecule has 3 rings (SSSR count). The first-order valence-electron chi connectivity index (χ1n) is 8.93. The monoisotopic (exact) mass is 358 g/mol. The summed E-state index contributed by atoms with van der Waals surface area (Å²) in [6.07, 6.45) is 3.32. The van der Waals surface area contributed by atoms with Crippen molar-refractivity contribution in [1.29, 1.82) is 0 Å². The molecule has 0 spiro atoms. The number of fused-ring (bicyclic) bond motifs is 1. The minimum Gasteiger partial charge on any atom is -0.481 e. The van der Waals surface area contributed by atoms with Gasteiger partial charge in [0, 0.05) is 19.5 Å². The average molecular weight is 358 g/mol. The Balaban J connectivity index is 1.50.